The Labute approximate surface area is 111 Å². The molecule has 1 heterocycles. The second kappa shape index (κ2) is 5.01. The minimum atomic E-state index is 0.0587. The fraction of sp³-hybridized carbons (Fsp3) is 0.231. The van der Waals surface area contributed by atoms with E-state index in [1.165, 1.54) is 0 Å². The van der Waals surface area contributed by atoms with Gasteiger partial charge in [-0.3, -0.25) is 4.68 Å². The van der Waals surface area contributed by atoms with Crippen molar-refractivity contribution < 1.29 is 5.21 Å². The summed E-state index contributed by atoms with van der Waals surface area (Å²) < 4.78 is 1.72. The lowest BCUT2D eigenvalue weighted by atomic mass is 10.2. The molecule has 2 aromatic rings. The average molecular weight is 259 g/mol. The molecule has 0 amide bonds. The van der Waals surface area contributed by atoms with E-state index in [0.29, 0.717) is 5.56 Å². The van der Waals surface area contributed by atoms with E-state index in [0.717, 1.165) is 17.2 Å². The average Bonchev–Trinajstić information content (AvgIpc) is 2.72. The van der Waals surface area contributed by atoms with Crippen molar-refractivity contribution in [1.29, 1.82) is 0 Å². The predicted molar refractivity (Wildman–Crippen MR) is 75.0 cm³/mol. The highest BCUT2D eigenvalue weighted by Crippen LogP contribution is 2.28. The van der Waals surface area contributed by atoms with E-state index in [2.05, 4.69) is 10.3 Å². The lowest BCUT2D eigenvalue weighted by molar-refractivity contribution is 0.318. The largest absolute Gasteiger partial charge is 0.409 e. The molecule has 6 heteroatoms. The van der Waals surface area contributed by atoms with Crippen LogP contribution in [0, 0.1) is 6.92 Å². The van der Waals surface area contributed by atoms with E-state index in [4.69, 9.17) is 10.9 Å². The molecule has 1 aromatic carbocycles. The van der Waals surface area contributed by atoms with Crippen molar-refractivity contribution in [2.75, 3.05) is 11.9 Å². The van der Waals surface area contributed by atoms with E-state index in [9.17, 15) is 0 Å². The number of amidine groups is 1. The molecule has 0 aliphatic carbocycles. The number of nitrogens with two attached hydrogens (primary N) is 1. The van der Waals surface area contributed by atoms with E-state index in [1.54, 1.807) is 4.68 Å². The molecule has 3 N–H and O–H groups in total. The minimum absolute atomic E-state index is 0.0587. The van der Waals surface area contributed by atoms with E-state index in [-0.39, 0.29) is 5.84 Å². The fourth-order valence-corrected chi connectivity index (χ4v) is 2.15. The third-order valence-electron chi connectivity index (χ3n) is 3.02. The number of aryl methyl sites for hydroxylation is 2. The third-order valence-corrected chi connectivity index (χ3v) is 3.02. The predicted octanol–water partition coefficient (Wildman–Crippen LogP) is 1.59. The van der Waals surface area contributed by atoms with Gasteiger partial charge in [0.1, 0.15) is 5.82 Å². The van der Waals surface area contributed by atoms with Gasteiger partial charge in [-0.25, -0.2) is 0 Å². The molecule has 0 radical (unpaired) electrons. The topological polar surface area (TPSA) is 79.7 Å². The summed E-state index contributed by atoms with van der Waals surface area (Å²) in [6.07, 6.45) is 0. The summed E-state index contributed by atoms with van der Waals surface area (Å²) >= 11 is 0. The van der Waals surface area contributed by atoms with Crippen LogP contribution in [0.1, 0.15) is 11.3 Å². The zero-order chi connectivity index (χ0) is 14.0. The molecule has 0 atom stereocenters. The molecule has 0 saturated heterocycles. The number of hydrogen-bond acceptors (Lipinski definition) is 4. The highest BCUT2D eigenvalue weighted by atomic mass is 16.4. The van der Waals surface area contributed by atoms with Crippen LogP contribution in [0.5, 0.6) is 0 Å². The third kappa shape index (κ3) is 2.24. The number of para-hydroxylation sites is 1. The first-order valence-corrected chi connectivity index (χ1v) is 5.86. The Morgan fingerprint density at radius 3 is 2.58 bits per heavy atom. The van der Waals surface area contributed by atoms with Gasteiger partial charge in [-0.05, 0) is 19.1 Å². The van der Waals surface area contributed by atoms with Gasteiger partial charge in [0.2, 0.25) is 0 Å². The molecule has 19 heavy (non-hydrogen) atoms. The zero-order valence-electron chi connectivity index (χ0n) is 11.2. The van der Waals surface area contributed by atoms with Crippen LogP contribution in [0.3, 0.4) is 0 Å². The van der Waals surface area contributed by atoms with Gasteiger partial charge < -0.3 is 15.8 Å². The monoisotopic (exact) mass is 259 g/mol. The molecule has 1 aromatic heterocycles. The molecular weight excluding hydrogens is 242 g/mol. The van der Waals surface area contributed by atoms with Gasteiger partial charge >= 0.3 is 0 Å². The molecule has 0 saturated carbocycles. The Morgan fingerprint density at radius 2 is 2.00 bits per heavy atom. The van der Waals surface area contributed by atoms with Gasteiger partial charge in [-0.15, -0.1) is 0 Å². The first kappa shape index (κ1) is 12.9. The Morgan fingerprint density at radius 1 is 1.37 bits per heavy atom. The SMILES string of the molecule is Cc1nn(C)c(N(C)c2ccccc2)c1C(N)=NO. The molecule has 0 unspecified atom stereocenters. The summed E-state index contributed by atoms with van der Waals surface area (Å²) in [7, 11) is 3.75. The highest BCUT2D eigenvalue weighted by Gasteiger charge is 2.20. The van der Waals surface area contributed by atoms with Crippen molar-refractivity contribution in [2.24, 2.45) is 17.9 Å². The number of benzene rings is 1. The smallest absolute Gasteiger partial charge is 0.175 e. The van der Waals surface area contributed by atoms with E-state index >= 15 is 0 Å². The molecule has 0 aliphatic heterocycles. The van der Waals surface area contributed by atoms with Crippen LogP contribution in [-0.2, 0) is 7.05 Å². The second-order valence-electron chi connectivity index (χ2n) is 4.29. The number of oxime groups is 1. The van der Waals surface area contributed by atoms with Crippen molar-refractivity contribution in [3.05, 3.63) is 41.6 Å². The summed E-state index contributed by atoms with van der Waals surface area (Å²) in [5.41, 5.74) is 8.10. The Balaban J connectivity index is 2.57. The van der Waals surface area contributed by atoms with Crippen LogP contribution < -0.4 is 10.6 Å². The molecule has 0 bridgehead atoms. The quantitative estimate of drug-likeness (QED) is 0.380. The first-order chi connectivity index (χ1) is 9.06. The zero-order valence-corrected chi connectivity index (χ0v) is 11.2. The Hall–Kier alpha value is -2.50. The van der Waals surface area contributed by atoms with Gasteiger partial charge in [-0.2, -0.15) is 5.10 Å². The summed E-state index contributed by atoms with van der Waals surface area (Å²) in [5.74, 6) is 0.836. The standard InChI is InChI=1S/C13H17N5O/c1-9-11(12(14)16-19)13(18(3)15-9)17(2)10-7-5-4-6-8-10/h4-8,19H,1-3H3,(H2,14,16). The van der Waals surface area contributed by atoms with E-state index in [1.807, 2.05) is 56.3 Å². The lowest BCUT2D eigenvalue weighted by Gasteiger charge is -2.20. The number of nitrogens with zero attached hydrogens (tertiary/aromatic N) is 4. The van der Waals surface area contributed by atoms with Crippen LogP contribution in [0.4, 0.5) is 11.5 Å². The number of rotatable bonds is 3. The van der Waals surface area contributed by atoms with Crippen molar-refractivity contribution >= 4 is 17.3 Å². The lowest BCUT2D eigenvalue weighted by Crippen LogP contribution is -2.21. The highest BCUT2D eigenvalue weighted by molar-refractivity contribution is 6.03. The van der Waals surface area contributed by atoms with Gasteiger partial charge in [0.25, 0.3) is 0 Å². The Bertz CT molecular complexity index is 603. The fourth-order valence-electron chi connectivity index (χ4n) is 2.15. The molecular formula is C13H17N5O. The summed E-state index contributed by atoms with van der Waals surface area (Å²) in [4.78, 5) is 1.95. The maximum absolute atomic E-state index is 8.91. The second-order valence-corrected chi connectivity index (χ2v) is 4.29. The molecule has 0 aliphatic rings. The van der Waals surface area contributed by atoms with Crippen molar-refractivity contribution in [3.63, 3.8) is 0 Å². The van der Waals surface area contributed by atoms with Crippen LogP contribution >= 0.6 is 0 Å². The number of aromatic nitrogens is 2. The summed E-state index contributed by atoms with van der Waals surface area (Å²) in [6, 6.07) is 9.84. The molecule has 0 fully saturated rings. The van der Waals surface area contributed by atoms with Crippen molar-refractivity contribution in [1.82, 2.24) is 9.78 Å². The maximum Gasteiger partial charge on any atom is 0.175 e. The molecule has 2 rings (SSSR count). The summed E-state index contributed by atoms with van der Waals surface area (Å²) in [6.45, 7) is 1.83. The van der Waals surface area contributed by atoms with Crippen LogP contribution in [-0.4, -0.2) is 27.9 Å². The molecule has 0 spiro atoms. The maximum atomic E-state index is 8.91. The van der Waals surface area contributed by atoms with Crippen LogP contribution in [0.2, 0.25) is 0 Å². The van der Waals surface area contributed by atoms with Crippen LogP contribution in [0.15, 0.2) is 35.5 Å². The van der Waals surface area contributed by atoms with Gasteiger partial charge in [-0.1, -0.05) is 23.4 Å². The number of anilines is 2. The Kier molecular flexibility index (Phi) is 3.41. The van der Waals surface area contributed by atoms with Gasteiger partial charge in [0.05, 0.1) is 11.3 Å². The van der Waals surface area contributed by atoms with Gasteiger partial charge in [0, 0.05) is 19.8 Å². The molecule has 6 nitrogen and oxygen atoms in total. The summed E-state index contributed by atoms with van der Waals surface area (Å²) in [5, 5.41) is 16.3. The van der Waals surface area contributed by atoms with Crippen molar-refractivity contribution in [2.45, 2.75) is 6.92 Å². The van der Waals surface area contributed by atoms with Crippen molar-refractivity contribution in [3.8, 4) is 0 Å². The first-order valence-electron chi connectivity index (χ1n) is 5.86. The van der Waals surface area contributed by atoms with E-state index < -0.39 is 0 Å². The van der Waals surface area contributed by atoms with Gasteiger partial charge in [0.15, 0.2) is 5.84 Å². The number of hydrogen-bond donors (Lipinski definition) is 2. The molecule has 100 valence electrons. The van der Waals surface area contributed by atoms with Crippen LogP contribution in [0.25, 0.3) is 0 Å². The normalized spacial score (nSPS) is 11.6. The minimum Gasteiger partial charge on any atom is -0.409 e.